The number of fused-ring (bicyclic) bond motifs is 3. The molecule has 4 rings (SSSR count). The molecule has 0 bridgehead atoms. The zero-order chi connectivity index (χ0) is 14.2. The molecule has 3 aromatic rings. The van der Waals surface area contributed by atoms with E-state index in [2.05, 4.69) is 29.4 Å². The minimum absolute atomic E-state index is 0.768. The lowest BCUT2D eigenvalue weighted by Crippen LogP contribution is -2.11. The molecule has 4 nitrogen and oxygen atoms in total. The van der Waals surface area contributed by atoms with Crippen molar-refractivity contribution in [2.45, 2.75) is 13.0 Å². The van der Waals surface area contributed by atoms with Crippen molar-refractivity contribution in [1.29, 1.82) is 0 Å². The van der Waals surface area contributed by atoms with Gasteiger partial charge in [0.25, 0.3) is 0 Å². The Morgan fingerprint density at radius 3 is 2.67 bits per heavy atom. The van der Waals surface area contributed by atoms with Gasteiger partial charge in [-0.15, -0.1) is 0 Å². The normalized spacial score (nSPS) is 12.6. The lowest BCUT2D eigenvalue weighted by Gasteiger charge is -2.15. The van der Waals surface area contributed by atoms with E-state index in [9.17, 15) is 0 Å². The van der Waals surface area contributed by atoms with Crippen molar-refractivity contribution in [3.8, 4) is 28.5 Å². The largest absolute Gasteiger partial charge is 0.497 e. The summed E-state index contributed by atoms with van der Waals surface area (Å²) < 4.78 is 7.19. The third kappa shape index (κ3) is 2.00. The molecule has 2 heterocycles. The summed E-state index contributed by atoms with van der Waals surface area (Å²) in [4.78, 5) is 4.73. The van der Waals surface area contributed by atoms with E-state index in [0.717, 1.165) is 35.9 Å². The van der Waals surface area contributed by atoms with Gasteiger partial charge >= 0.3 is 0 Å². The van der Waals surface area contributed by atoms with Crippen LogP contribution in [0.2, 0.25) is 0 Å². The number of hydrogen-bond acceptors (Lipinski definition) is 3. The van der Waals surface area contributed by atoms with Crippen molar-refractivity contribution in [3.63, 3.8) is 0 Å². The van der Waals surface area contributed by atoms with Crippen LogP contribution in [0.4, 0.5) is 0 Å². The number of methoxy groups -OCH3 is 1. The van der Waals surface area contributed by atoms with Gasteiger partial charge in [-0.25, -0.2) is 9.67 Å². The Labute approximate surface area is 123 Å². The van der Waals surface area contributed by atoms with E-state index in [1.165, 1.54) is 11.1 Å². The second-order valence-electron chi connectivity index (χ2n) is 5.12. The number of rotatable bonds is 2. The minimum Gasteiger partial charge on any atom is -0.497 e. The van der Waals surface area contributed by atoms with Crippen LogP contribution >= 0.6 is 0 Å². The van der Waals surface area contributed by atoms with Gasteiger partial charge in [-0.05, 0) is 36.2 Å². The van der Waals surface area contributed by atoms with Crippen LogP contribution in [-0.4, -0.2) is 21.9 Å². The van der Waals surface area contributed by atoms with Gasteiger partial charge in [0.05, 0.1) is 7.11 Å². The Morgan fingerprint density at radius 2 is 1.86 bits per heavy atom. The van der Waals surface area contributed by atoms with Gasteiger partial charge < -0.3 is 4.74 Å². The zero-order valence-electron chi connectivity index (χ0n) is 11.8. The molecule has 2 aromatic carbocycles. The van der Waals surface area contributed by atoms with Crippen molar-refractivity contribution >= 4 is 0 Å². The number of aromatic nitrogens is 3. The summed E-state index contributed by atoms with van der Waals surface area (Å²) in [5.41, 5.74) is 3.55. The SMILES string of the molecule is COc1ccc(-c2nc3n(n2)CCc2ccccc2-3)cc1. The average molecular weight is 277 g/mol. The van der Waals surface area contributed by atoms with Crippen molar-refractivity contribution in [2.75, 3.05) is 7.11 Å². The van der Waals surface area contributed by atoms with Crippen LogP contribution in [0.15, 0.2) is 48.5 Å². The lowest BCUT2D eigenvalue weighted by molar-refractivity contribution is 0.415. The van der Waals surface area contributed by atoms with E-state index < -0.39 is 0 Å². The Bertz CT molecular complexity index is 790. The first-order chi connectivity index (χ1) is 10.3. The number of aryl methyl sites for hydroxylation is 2. The molecule has 0 amide bonds. The molecule has 0 aliphatic carbocycles. The van der Waals surface area contributed by atoms with Gasteiger partial charge in [0.15, 0.2) is 11.6 Å². The standard InChI is InChI=1S/C17H15N3O/c1-21-14-8-6-13(7-9-14)16-18-17-15-5-3-2-4-12(15)10-11-20(17)19-16/h2-9H,10-11H2,1H3. The molecule has 0 radical (unpaired) electrons. The monoisotopic (exact) mass is 277 g/mol. The predicted octanol–water partition coefficient (Wildman–Crippen LogP) is 3.18. The lowest BCUT2D eigenvalue weighted by atomic mass is 10.0. The Kier molecular flexibility index (Phi) is 2.74. The molecule has 21 heavy (non-hydrogen) atoms. The van der Waals surface area contributed by atoms with Gasteiger partial charge in [-0.2, -0.15) is 5.10 Å². The van der Waals surface area contributed by atoms with E-state index in [1.807, 2.05) is 28.9 Å². The van der Waals surface area contributed by atoms with Crippen LogP contribution in [0.25, 0.3) is 22.8 Å². The molecule has 0 N–H and O–H groups in total. The number of nitrogens with zero attached hydrogens (tertiary/aromatic N) is 3. The summed E-state index contributed by atoms with van der Waals surface area (Å²) >= 11 is 0. The summed E-state index contributed by atoms with van der Waals surface area (Å²) in [7, 11) is 1.67. The highest BCUT2D eigenvalue weighted by Crippen LogP contribution is 2.29. The van der Waals surface area contributed by atoms with Crippen LogP contribution in [0.5, 0.6) is 5.75 Å². The van der Waals surface area contributed by atoms with Gasteiger partial charge in [0, 0.05) is 17.7 Å². The van der Waals surface area contributed by atoms with Gasteiger partial charge in [-0.1, -0.05) is 24.3 Å². The Balaban J connectivity index is 1.79. The molecule has 1 aliphatic heterocycles. The van der Waals surface area contributed by atoms with E-state index in [1.54, 1.807) is 7.11 Å². The second-order valence-corrected chi connectivity index (χ2v) is 5.12. The zero-order valence-corrected chi connectivity index (χ0v) is 11.8. The first kappa shape index (κ1) is 12.1. The van der Waals surface area contributed by atoms with Crippen molar-refractivity contribution in [1.82, 2.24) is 14.8 Å². The number of ether oxygens (including phenoxy) is 1. The third-order valence-corrected chi connectivity index (χ3v) is 3.87. The van der Waals surface area contributed by atoms with Gasteiger partial charge in [0.1, 0.15) is 5.75 Å². The second kappa shape index (κ2) is 4.74. The number of benzene rings is 2. The molecule has 0 saturated carbocycles. The summed E-state index contributed by atoms with van der Waals surface area (Å²) in [6.45, 7) is 0.884. The van der Waals surface area contributed by atoms with E-state index in [0.29, 0.717) is 0 Å². The molecule has 0 unspecified atom stereocenters. The fourth-order valence-corrected chi connectivity index (χ4v) is 2.74. The molecule has 1 aliphatic rings. The van der Waals surface area contributed by atoms with E-state index >= 15 is 0 Å². The minimum atomic E-state index is 0.768. The maximum Gasteiger partial charge on any atom is 0.181 e. The average Bonchev–Trinajstić information content (AvgIpc) is 2.99. The molecular weight excluding hydrogens is 262 g/mol. The van der Waals surface area contributed by atoms with E-state index in [4.69, 9.17) is 9.72 Å². The predicted molar refractivity (Wildman–Crippen MR) is 81.2 cm³/mol. The van der Waals surface area contributed by atoms with Crippen LogP contribution in [0.1, 0.15) is 5.56 Å². The smallest absolute Gasteiger partial charge is 0.181 e. The molecule has 0 spiro atoms. The van der Waals surface area contributed by atoms with Crippen LogP contribution in [0.3, 0.4) is 0 Å². The van der Waals surface area contributed by atoms with Crippen LogP contribution in [0, 0.1) is 0 Å². The number of hydrogen-bond donors (Lipinski definition) is 0. The first-order valence-electron chi connectivity index (χ1n) is 7.03. The maximum atomic E-state index is 5.19. The quantitative estimate of drug-likeness (QED) is 0.722. The molecule has 0 saturated heterocycles. The molecule has 0 fully saturated rings. The molecular formula is C17H15N3O. The summed E-state index contributed by atoms with van der Waals surface area (Å²) in [6, 6.07) is 16.3. The third-order valence-electron chi connectivity index (χ3n) is 3.87. The molecule has 4 heteroatoms. The summed E-state index contributed by atoms with van der Waals surface area (Å²) in [6.07, 6.45) is 1.01. The molecule has 1 aromatic heterocycles. The highest BCUT2D eigenvalue weighted by Gasteiger charge is 2.19. The van der Waals surface area contributed by atoms with Gasteiger partial charge in [-0.3, -0.25) is 0 Å². The summed E-state index contributed by atoms with van der Waals surface area (Å²) in [5.74, 6) is 2.57. The molecule has 104 valence electrons. The van der Waals surface area contributed by atoms with Crippen molar-refractivity contribution in [2.24, 2.45) is 0 Å². The highest BCUT2D eigenvalue weighted by atomic mass is 16.5. The van der Waals surface area contributed by atoms with Crippen molar-refractivity contribution < 1.29 is 4.74 Å². The summed E-state index contributed by atoms with van der Waals surface area (Å²) in [5, 5.41) is 4.64. The Morgan fingerprint density at radius 1 is 1.05 bits per heavy atom. The van der Waals surface area contributed by atoms with Crippen LogP contribution < -0.4 is 4.74 Å². The van der Waals surface area contributed by atoms with Crippen molar-refractivity contribution in [3.05, 3.63) is 54.1 Å². The fraction of sp³-hybridized carbons (Fsp3) is 0.176. The Hall–Kier alpha value is -2.62. The molecule has 0 atom stereocenters. The topological polar surface area (TPSA) is 39.9 Å². The van der Waals surface area contributed by atoms with Crippen LogP contribution in [-0.2, 0) is 13.0 Å². The maximum absolute atomic E-state index is 5.19. The van der Waals surface area contributed by atoms with Gasteiger partial charge in [0.2, 0.25) is 0 Å². The van der Waals surface area contributed by atoms with E-state index in [-0.39, 0.29) is 0 Å². The fourth-order valence-electron chi connectivity index (χ4n) is 2.74. The highest BCUT2D eigenvalue weighted by molar-refractivity contribution is 5.66. The first-order valence-corrected chi connectivity index (χ1v) is 7.03.